The maximum atomic E-state index is 10.7. The van der Waals surface area contributed by atoms with E-state index in [1.165, 1.54) is 0 Å². The molecule has 0 radical (unpaired) electrons. The highest BCUT2D eigenvalue weighted by atomic mass is 35.5. The molecule has 0 saturated carbocycles. The van der Waals surface area contributed by atoms with Crippen molar-refractivity contribution < 1.29 is 4.79 Å². The van der Waals surface area contributed by atoms with Crippen molar-refractivity contribution in [2.24, 2.45) is 0 Å². The number of rotatable bonds is 6. The van der Waals surface area contributed by atoms with E-state index in [0.717, 1.165) is 35.1 Å². The minimum Gasteiger partial charge on any atom is -0.370 e. The van der Waals surface area contributed by atoms with Crippen LogP contribution in [0.15, 0.2) is 48.5 Å². The van der Waals surface area contributed by atoms with Gasteiger partial charge in [0.25, 0.3) is 0 Å². The monoisotopic (exact) mass is 366 g/mol. The van der Waals surface area contributed by atoms with Gasteiger partial charge in [0, 0.05) is 28.8 Å². The number of hydrogen-bond acceptors (Lipinski definition) is 5. The van der Waals surface area contributed by atoms with E-state index in [4.69, 9.17) is 17.3 Å². The molecule has 0 unspecified atom stereocenters. The van der Waals surface area contributed by atoms with Crippen molar-refractivity contribution in [3.63, 3.8) is 0 Å². The predicted octanol–water partition coefficient (Wildman–Crippen LogP) is 4.15. The summed E-state index contributed by atoms with van der Waals surface area (Å²) in [5.74, 6) is 0.871. The van der Waals surface area contributed by atoms with Crippen molar-refractivity contribution in [3.05, 3.63) is 70.2 Å². The van der Waals surface area contributed by atoms with E-state index in [1.54, 1.807) is 0 Å². The molecule has 1 heterocycles. The van der Waals surface area contributed by atoms with Gasteiger partial charge in [-0.05, 0) is 30.5 Å². The maximum absolute atomic E-state index is 10.7. The Hall–Kier alpha value is -2.92. The van der Waals surface area contributed by atoms with Crippen molar-refractivity contribution in [2.45, 2.75) is 13.3 Å². The molecule has 5 nitrogen and oxygen atoms in total. The molecular formula is C20H19ClN4O. The zero-order valence-corrected chi connectivity index (χ0v) is 15.1. The minimum absolute atomic E-state index is 0.208. The molecule has 0 saturated heterocycles. The van der Waals surface area contributed by atoms with E-state index >= 15 is 0 Å². The molecule has 6 heteroatoms. The lowest BCUT2D eigenvalue weighted by atomic mass is 10.1. The molecule has 26 heavy (non-hydrogen) atoms. The number of carbonyl (C=O) groups excluding carboxylic acids is 1. The SMILES string of the molecule is Cc1c(Cl)cccc1-c1cc(NCCc2ccc(C=O)cc2)nc(N)n1. The molecule has 0 aliphatic rings. The highest BCUT2D eigenvalue weighted by molar-refractivity contribution is 6.31. The number of aromatic nitrogens is 2. The van der Waals surface area contributed by atoms with E-state index in [2.05, 4.69) is 15.3 Å². The molecule has 0 spiro atoms. The van der Waals surface area contributed by atoms with Crippen molar-refractivity contribution in [1.82, 2.24) is 9.97 Å². The highest BCUT2D eigenvalue weighted by Gasteiger charge is 2.09. The van der Waals surface area contributed by atoms with Gasteiger partial charge < -0.3 is 11.1 Å². The third-order valence-corrected chi connectivity index (χ3v) is 4.53. The van der Waals surface area contributed by atoms with Crippen molar-refractivity contribution in [1.29, 1.82) is 0 Å². The average molecular weight is 367 g/mol. The lowest BCUT2D eigenvalue weighted by Crippen LogP contribution is -2.08. The summed E-state index contributed by atoms with van der Waals surface area (Å²) in [4.78, 5) is 19.3. The van der Waals surface area contributed by atoms with Gasteiger partial charge in [0.1, 0.15) is 12.1 Å². The van der Waals surface area contributed by atoms with Crippen LogP contribution in [-0.4, -0.2) is 22.8 Å². The fourth-order valence-electron chi connectivity index (χ4n) is 2.68. The largest absolute Gasteiger partial charge is 0.370 e. The molecule has 1 aromatic heterocycles. The zero-order valence-electron chi connectivity index (χ0n) is 14.4. The Morgan fingerprint density at radius 1 is 1.15 bits per heavy atom. The van der Waals surface area contributed by atoms with E-state index in [1.807, 2.05) is 55.5 Å². The Morgan fingerprint density at radius 3 is 2.65 bits per heavy atom. The van der Waals surface area contributed by atoms with Crippen LogP contribution in [0.3, 0.4) is 0 Å². The molecule has 132 valence electrons. The quantitative estimate of drug-likeness (QED) is 0.640. The molecule has 3 N–H and O–H groups in total. The maximum Gasteiger partial charge on any atom is 0.222 e. The number of aldehydes is 1. The van der Waals surface area contributed by atoms with Crippen LogP contribution in [0.2, 0.25) is 5.02 Å². The third-order valence-electron chi connectivity index (χ3n) is 4.12. The average Bonchev–Trinajstić information content (AvgIpc) is 2.64. The van der Waals surface area contributed by atoms with E-state index in [-0.39, 0.29) is 5.95 Å². The predicted molar refractivity (Wildman–Crippen MR) is 106 cm³/mol. The highest BCUT2D eigenvalue weighted by Crippen LogP contribution is 2.28. The van der Waals surface area contributed by atoms with Crippen molar-refractivity contribution in [2.75, 3.05) is 17.6 Å². The van der Waals surface area contributed by atoms with Crippen LogP contribution >= 0.6 is 11.6 Å². The number of nitrogen functional groups attached to an aromatic ring is 1. The van der Waals surface area contributed by atoms with Crippen LogP contribution in [0.1, 0.15) is 21.5 Å². The molecule has 0 aliphatic heterocycles. The summed E-state index contributed by atoms with van der Waals surface area (Å²) < 4.78 is 0. The standard InChI is InChI=1S/C20H19ClN4O/c1-13-16(3-2-4-17(13)21)18-11-19(25-20(22)24-18)23-10-9-14-5-7-15(12-26)8-6-14/h2-8,11-12H,9-10H2,1H3,(H3,22,23,24,25). The lowest BCUT2D eigenvalue weighted by Gasteiger charge is -2.11. The Kier molecular flexibility index (Phi) is 5.49. The van der Waals surface area contributed by atoms with Gasteiger partial charge in [0.05, 0.1) is 5.69 Å². The summed E-state index contributed by atoms with van der Waals surface area (Å²) in [5.41, 5.74) is 10.3. The smallest absolute Gasteiger partial charge is 0.222 e. The van der Waals surface area contributed by atoms with Gasteiger partial charge in [-0.25, -0.2) is 4.98 Å². The van der Waals surface area contributed by atoms with Crippen LogP contribution in [0.4, 0.5) is 11.8 Å². The minimum atomic E-state index is 0.208. The number of nitrogens with one attached hydrogen (secondary N) is 1. The van der Waals surface area contributed by atoms with Crippen LogP contribution in [0.25, 0.3) is 11.3 Å². The number of benzene rings is 2. The fourth-order valence-corrected chi connectivity index (χ4v) is 2.85. The molecule has 3 aromatic rings. The molecule has 0 bridgehead atoms. The van der Waals surface area contributed by atoms with Gasteiger partial charge in [-0.3, -0.25) is 4.79 Å². The summed E-state index contributed by atoms with van der Waals surface area (Å²) in [5, 5.41) is 3.96. The summed E-state index contributed by atoms with van der Waals surface area (Å²) in [6, 6.07) is 15.1. The first-order chi connectivity index (χ1) is 12.6. The van der Waals surface area contributed by atoms with Gasteiger partial charge in [-0.2, -0.15) is 4.98 Å². The fraction of sp³-hybridized carbons (Fsp3) is 0.150. The Labute approximate surface area is 157 Å². The van der Waals surface area contributed by atoms with Gasteiger partial charge in [0.2, 0.25) is 5.95 Å². The second kappa shape index (κ2) is 7.97. The summed E-state index contributed by atoms with van der Waals surface area (Å²) in [6.07, 6.45) is 1.64. The molecular weight excluding hydrogens is 348 g/mol. The van der Waals surface area contributed by atoms with E-state index < -0.39 is 0 Å². The molecule has 0 fully saturated rings. The molecule has 0 aliphatic carbocycles. The summed E-state index contributed by atoms with van der Waals surface area (Å²) in [7, 11) is 0. The lowest BCUT2D eigenvalue weighted by molar-refractivity contribution is 0.112. The van der Waals surface area contributed by atoms with Gasteiger partial charge in [0.15, 0.2) is 0 Å². The summed E-state index contributed by atoms with van der Waals surface area (Å²) in [6.45, 7) is 2.64. The van der Waals surface area contributed by atoms with E-state index in [9.17, 15) is 4.79 Å². The molecule has 0 atom stereocenters. The van der Waals surface area contributed by atoms with Crippen LogP contribution in [0, 0.1) is 6.92 Å². The molecule has 2 aromatic carbocycles. The Morgan fingerprint density at radius 2 is 1.92 bits per heavy atom. The number of carbonyl (C=O) groups is 1. The number of nitrogens with zero attached hydrogens (tertiary/aromatic N) is 2. The molecule has 3 rings (SSSR count). The number of halogens is 1. The van der Waals surface area contributed by atoms with Crippen LogP contribution < -0.4 is 11.1 Å². The second-order valence-electron chi connectivity index (χ2n) is 5.95. The zero-order chi connectivity index (χ0) is 18.5. The van der Waals surface area contributed by atoms with Crippen molar-refractivity contribution in [3.8, 4) is 11.3 Å². The third kappa shape index (κ3) is 4.18. The number of anilines is 2. The Bertz CT molecular complexity index is 926. The first-order valence-electron chi connectivity index (χ1n) is 8.25. The first kappa shape index (κ1) is 17.9. The van der Waals surface area contributed by atoms with Crippen LogP contribution in [0.5, 0.6) is 0 Å². The van der Waals surface area contributed by atoms with E-state index in [0.29, 0.717) is 22.9 Å². The van der Waals surface area contributed by atoms with Crippen LogP contribution in [-0.2, 0) is 6.42 Å². The van der Waals surface area contributed by atoms with Crippen molar-refractivity contribution >= 4 is 29.7 Å². The van der Waals surface area contributed by atoms with Gasteiger partial charge in [-0.1, -0.05) is 48.0 Å². The Balaban J connectivity index is 1.73. The number of nitrogens with two attached hydrogens (primary N) is 1. The van der Waals surface area contributed by atoms with Gasteiger partial charge in [-0.15, -0.1) is 0 Å². The second-order valence-corrected chi connectivity index (χ2v) is 6.35. The normalized spacial score (nSPS) is 10.5. The number of hydrogen-bond donors (Lipinski definition) is 2. The topological polar surface area (TPSA) is 80.9 Å². The van der Waals surface area contributed by atoms with Gasteiger partial charge >= 0.3 is 0 Å². The first-order valence-corrected chi connectivity index (χ1v) is 8.62. The summed E-state index contributed by atoms with van der Waals surface area (Å²) >= 11 is 6.20. The molecule has 0 amide bonds.